The predicted molar refractivity (Wildman–Crippen MR) is 159 cm³/mol. The van der Waals surface area contributed by atoms with E-state index in [0.29, 0.717) is 19.3 Å². The number of benzene rings is 2. The van der Waals surface area contributed by atoms with E-state index in [0.717, 1.165) is 27.9 Å². The number of amides is 2. The van der Waals surface area contributed by atoms with Gasteiger partial charge in [0.1, 0.15) is 11.3 Å². The lowest BCUT2D eigenvalue weighted by atomic mass is 9.93. The molecule has 0 saturated carbocycles. The van der Waals surface area contributed by atoms with Crippen LogP contribution in [0, 0.1) is 6.92 Å². The van der Waals surface area contributed by atoms with Gasteiger partial charge in [0.2, 0.25) is 0 Å². The van der Waals surface area contributed by atoms with E-state index in [4.69, 9.17) is 9.47 Å². The fourth-order valence-electron chi connectivity index (χ4n) is 5.43. The molecule has 1 saturated heterocycles. The second-order valence-electron chi connectivity index (χ2n) is 12.2. The highest BCUT2D eigenvalue weighted by Crippen LogP contribution is 2.36. The van der Waals surface area contributed by atoms with E-state index >= 15 is 0 Å². The van der Waals surface area contributed by atoms with Crippen molar-refractivity contribution >= 4 is 12.2 Å². The van der Waals surface area contributed by atoms with Crippen molar-refractivity contribution in [2.24, 2.45) is 0 Å². The van der Waals surface area contributed by atoms with Crippen LogP contribution in [0.3, 0.4) is 0 Å². The van der Waals surface area contributed by atoms with Crippen molar-refractivity contribution in [3.63, 3.8) is 0 Å². The maximum absolute atomic E-state index is 12.8. The molecule has 1 aliphatic heterocycles. The van der Waals surface area contributed by atoms with Crippen LogP contribution >= 0.6 is 0 Å². The molecule has 8 heteroatoms. The van der Waals surface area contributed by atoms with Gasteiger partial charge in [-0.25, -0.2) is 9.59 Å². The van der Waals surface area contributed by atoms with Gasteiger partial charge in [0.05, 0.1) is 12.1 Å². The first-order valence-corrected chi connectivity index (χ1v) is 14.1. The van der Waals surface area contributed by atoms with Gasteiger partial charge in [0, 0.05) is 23.5 Å². The van der Waals surface area contributed by atoms with Crippen LogP contribution in [0.5, 0.6) is 0 Å². The van der Waals surface area contributed by atoms with E-state index in [1.54, 1.807) is 13.8 Å². The molecular formula is C33H41N3O5. The van der Waals surface area contributed by atoms with Gasteiger partial charge in [-0.1, -0.05) is 60.7 Å². The number of aromatic nitrogens is 1. The molecular weight excluding hydrogens is 518 g/mol. The number of hydrogen-bond acceptors (Lipinski definition) is 5. The monoisotopic (exact) mass is 559 g/mol. The Morgan fingerprint density at radius 1 is 1.02 bits per heavy atom. The number of hydrogen-bond donors (Lipinski definition) is 2. The van der Waals surface area contributed by atoms with Gasteiger partial charge >= 0.3 is 12.2 Å². The van der Waals surface area contributed by atoms with Crippen LogP contribution in [-0.2, 0) is 22.3 Å². The van der Waals surface area contributed by atoms with Crippen LogP contribution < -0.4 is 5.32 Å². The van der Waals surface area contributed by atoms with Gasteiger partial charge in [-0.3, -0.25) is 9.88 Å². The molecule has 2 amide bonds. The maximum Gasteiger partial charge on any atom is 0.409 e. The lowest BCUT2D eigenvalue weighted by Gasteiger charge is -2.31. The van der Waals surface area contributed by atoms with E-state index < -0.39 is 35.7 Å². The first-order valence-electron chi connectivity index (χ1n) is 14.1. The molecule has 1 aromatic heterocycles. The van der Waals surface area contributed by atoms with Gasteiger partial charge in [-0.2, -0.15) is 0 Å². The fourth-order valence-corrected chi connectivity index (χ4v) is 5.43. The molecule has 8 nitrogen and oxygen atoms in total. The van der Waals surface area contributed by atoms with Crippen LogP contribution in [0.1, 0.15) is 57.9 Å². The zero-order chi connectivity index (χ0) is 29.8. The normalized spacial score (nSPS) is 19.0. The second kappa shape index (κ2) is 12.3. The number of nitrogens with one attached hydrogen (secondary N) is 1. The van der Waals surface area contributed by atoms with E-state index in [2.05, 4.69) is 10.3 Å². The number of aryl methyl sites for hydroxylation is 1. The van der Waals surface area contributed by atoms with Gasteiger partial charge < -0.3 is 19.9 Å². The Hall–Kier alpha value is -3.91. The number of alkyl carbamates (subject to hydrolysis) is 1. The van der Waals surface area contributed by atoms with E-state index in [-0.39, 0.29) is 6.04 Å². The largest absolute Gasteiger partial charge is 0.465 e. The summed E-state index contributed by atoms with van der Waals surface area (Å²) in [7, 11) is 0. The molecule has 2 N–H and O–H groups in total. The fraction of sp³-hybridized carbons (Fsp3) is 0.424. The Labute approximate surface area is 242 Å². The lowest BCUT2D eigenvalue weighted by molar-refractivity contribution is -0.0695. The molecule has 1 fully saturated rings. The minimum atomic E-state index is -1.04. The third kappa shape index (κ3) is 8.07. The van der Waals surface area contributed by atoms with Crippen molar-refractivity contribution in [1.82, 2.24) is 15.2 Å². The Morgan fingerprint density at radius 3 is 2.27 bits per heavy atom. The number of carboxylic acid groups (broad SMARTS) is 1. The molecule has 2 heterocycles. The number of nitrogens with zero attached hydrogens (tertiary/aromatic N) is 2. The van der Waals surface area contributed by atoms with Crippen LogP contribution in [0.25, 0.3) is 11.1 Å². The number of rotatable bonds is 8. The maximum atomic E-state index is 12.8. The number of carbonyl (C=O) groups excluding carboxylic acids is 1. The summed E-state index contributed by atoms with van der Waals surface area (Å²) in [5.74, 6) is 0. The van der Waals surface area contributed by atoms with E-state index in [1.165, 1.54) is 4.90 Å². The summed E-state index contributed by atoms with van der Waals surface area (Å²) in [6, 6.07) is 21.2. The van der Waals surface area contributed by atoms with Crippen molar-refractivity contribution in [3.8, 4) is 11.1 Å². The topological polar surface area (TPSA) is 101 Å². The Morgan fingerprint density at radius 2 is 1.68 bits per heavy atom. The first kappa shape index (κ1) is 30.1. The van der Waals surface area contributed by atoms with Gasteiger partial charge in [0.25, 0.3) is 0 Å². The summed E-state index contributed by atoms with van der Waals surface area (Å²) in [6.45, 7) is 11.0. The Kier molecular flexibility index (Phi) is 9.02. The van der Waals surface area contributed by atoms with Crippen molar-refractivity contribution < 1.29 is 24.2 Å². The summed E-state index contributed by atoms with van der Waals surface area (Å²) in [6.07, 6.45) is 1.29. The van der Waals surface area contributed by atoms with Gasteiger partial charge in [0.15, 0.2) is 0 Å². The predicted octanol–water partition coefficient (Wildman–Crippen LogP) is 6.61. The zero-order valence-electron chi connectivity index (χ0n) is 24.8. The summed E-state index contributed by atoms with van der Waals surface area (Å²) in [5, 5.41) is 13.2. The lowest BCUT2D eigenvalue weighted by Crippen LogP contribution is -2.49. The van der Waals surface area contributed by atoms with Crippen molar-refractivity contribution in [1.29, 1.82) is 0 Å². The Balaban J connectivity index is 1.58. The molecule has 2 aromatic carbocycles. The molecule has 0 radical (unpaired) electrons. The first-order chi connectivity index (χ1) is 19.3. The summed E-state index contributed by atoms with van der Waals surface area (Å²) in [4.78, 5) is 31.1. The zero-order valence-corrected chi connectivity index (χ0v) is 24.8. The quantitative estimate of drug-likeness (QED) is 0.322. The molecule has 0 bridgehead atoms. The standard InChI is InChI=1S/C33H41N3O5/c1-22-12-15-26(21-34-22)25-16-13-24(14-17-25)19-28-29(40-33(5,6)36(28)31(38)39)20-27(18-23-10-8-7-9-11-23)35-30(37)41-32(2,3)4/h7-17,21,27-29H,18-20H2,1-6H3,(H,35,37)(H,38,39)/t27-,28-,29-/m0/s1. The summed E-state index contributed by atoms with van der Waals surface area (Å²) < 4.78 is 12.0. The number of ether oxygens (including phenoxy) is 2. The van der Waals surface area contributed by atoms with E-state index in [1.807, 2.05) is 101 Å². The summed E-state index contributed by atoms with van der Waals surface area (Å²) >= 11 is 0. The Bertz CT molecular complexity index is 1320. The molecule has 218 valence electrons. The highest BCUT2D eigenvalue weighted by Gasteiger charge is 2.50. The van der Waals surface area contributed by atoms with Crippen molar-refractivity contribution in [2.45, 2.75) is 90.3 Å². The van der Waals surface area contributed by atoms with E-state index in [9.17, 15) is 14.7 Å². The van der Waals surface area contributed by atoms with Gasteiger partial charge in [-0.05, 0) is 83.6 Å². The smallest absolute Gasteiger partial charge is 0.409 e. The molecule has 41 heavy (non-hydrogen) atoms. The molecule has 4 rings (SSSR count). The third-order valence-electron chi connectivity index (χ3n) is 7.19. The van der Waals surface area contributed by atoms with Crippen LogP contribution in [0.4, 0.5) is 9.59 Å². The number of pyridine rings is 1. The molecule has 0 aliphatic carbocycles. The molecule has 0 unspecified atom stereocenters. The third-order valence-corrected chi connectivity index (χ3v) is 7.19. The SMILES string of the molecule is Cc1ccc(-c2ccc(C[C@H]3[C@H](C[C@H](Cc4ccccc4)NC(=O)OC(C)(C)C)OC(C)(C)N3C(=O)O)cc2)cn1. The average Bonchev–Trinajstić information content (AvgIpc) is 3.13. The van der Waals surface area contributed by atoms with Gasteiger partial charge in [-0.15, -0.1) is 0 Å². The minimum Gasteiger partial charge on any atom is -0.465 e. The second-order valence-corrected chi connectivity index (χ2v) is 12.2. The minimum absolute atomic E-state index is 0.333. The van der Waals surface area contributed by atoms with Crippen molar-refractivity contribution in [2.75, 3.05) is 0 Å². The molecule has 3 atom stereocenters. The number of carbonyl (C=O) groups is 2. The van der Waals surface area contributed by atoms with Crippen LogP contribution in [0.15, 0.2) is 72.9 Å². The molecule has 0 spiro atoms. The van der Waals surface area contributed by atoms with Crippen molar-refractivity contribution in [3.05, 3.63) is 89.7 Å². The van der Waals surface area contributed by atoms with Crippen LogP contribution in [0.2, 0.25) is 0 Å². The summed E-state index contributed by atoms with van der Waals surface area (Å²) in [5.41, 5.74) is 3.40. The highest BCUT2D eigenvalue weighted by molar-refractivity contribution is 5.68. The molecule has 3 aromatic rings. The molecule has 1 aliphatic rings. The van der Waals surface area contributed by atoms with Crippen LogP contribution in [-0.4, -0.2) is 56.7 Å². The average molecular weight is 560 g/mol. The highest BCUT2D eigenvalue weighted by atomic mass is 16.6.